The smallest absolute Gasteiger partial charge is 0.0994 e. The molecule has 1 aromatic heterocycles. The highest BCUT2D eigenvalue weighted by atomic mass is 127. The Bertz CT molecular complexity index is 553. The molecule has 0 saturated carbocycles. The summed E-state index contributed by atoms with van der Waals surface area (Å²) in [7, 11) is 0. The SMILES string of the molecule is CC1(c2cncn2-c2ccc(I)cc2)CCNCC1. The Kier molecular flexibility index (Phi) is 3.62. The lowest BCUT2D eigenvalue weighted by Gasteiger charge is -2.34. The van der Waals surface area contributed by atoms with E-state index in [0.717, 1.165) is 13.1 Å². The summed E-state index contributed by atoms with van der Waals surface area (Å²) in [5.41, 5.74) is 2.76. The van der Waals surface area contributed by atoms with E-state index in [9.17, 15) is 0 Å². The number of imidazole rings is 1. The van der Waals surface area contributed by atoms with Crippen molar-refractivity contribution >= 4 is 22.6 Å². The molecule has 3 nitrogen and oxygen atoms in total. The highest BCUT2D eigenvalue weighted by Gasteiger charge is 2.31. The molecule has 100 valence electrons. The number of hydrogen-bond acceptors (Lipinski definition) is 2. The van der Waals surface area contributed by atoms with E-state index in [2.05, 4.69) is 68.6 Å². The molecule has 1 N–H and O–H groups in total. The van der Waals surface area contributed by atoms with Crippen molar-refractivity contribution in [3.63, 3.8) is 0 Å². The highest BCUT2D eigenvalue weighted by molar-refractivity contribution is 14.1. The van der Waals surface area contributed by atoms with E-state index in [-0.39, 0.29) is 5.41 Å². The van der Waals surface area contributed by atoms with Gasteiger partial charge in [-0.2, -0.15) is 0 Å². The van der Waals surface area contributed by atoms with Crippen molar-refractivity contribution in [2.75, 3.05) is 13.1 Å². The molecule has 0 spiro atoms. The van der Waals surface area contributed by atoms with Crippen LogP contribution in [-0.2, 0) is 5.41 Å². The van der Waals surface area contributed by atoms with Gasteiger partial charge in [-0.05, 0) is 72.8 Å². The van der Waals surface area contributed by atoms with E-state index >= 15 is 0 Å². The van der Waals surface area contributed by atoms with Crippen molar-refractivity contribution in [3.05, 3.63) is 46.1 Å². The van der Waals surface area contributed by atoms with Crippen LogP contribution in [-0.4, -0.2) is 22.6 Å². The summed E-state index contributed by atoms with van der Waals surface area (Å²) in [6.45, 7) is 4.54. The Balaban J connectivity index is 2.00. The molecule has 19 heavy (non-hydrogen) atoms. The van der Waals surface area contributed by atoms with E-state index in [1.807, 2.05) is 12.5 Å². The molecule has 0 amide bonds. The Morgan fingerprint density at radius 2 is 1.89 bits per heavy atom. The molecule has 0 atom stereocenters. The minimum absolute atomic E-state index is 0.227. The summed E-state index contributed by atoms with van der Waals surface area (Å²) in [5, 5.41) is 3.44. The van der Waals surface area contributed by atoms with Crippen LogP contribution in [0.5, 0.6) is 0 Å². The van der Waals surface area contributed by atoms with E-state index in [1.54, 1.807) is 0 Å². The Hall–Kier alpha value is -0.880. The summed E-state index contributed by atoms with van der Waals surface area (Å²) < 4.78 is 3.50. The molecule has 1 aliphatic rings. The molecular weight excluding hydrogens is 349 g/mol. The van der Waals surface area contributed by atoms with Crippen LogP contribution in [0.2, 0.25) is 0 Å². The van der Waals surface area contributed by atoms with Gasteiger partial charge in [-0.15, -0.1) is 0 Å². The maximum absolute atomic E-state index is 4.38. The second kappa shape index (κ2) is 5.25. The van der Waals surface area contributed by atoms with E-state index < -0.39 is 0 Å². The Morgan fingerprint density at radius 1 is 1.21 bits per heavy atom. The fraction of sp³-hybridized carbons (Fsp3) is 0.400. The van der Waals surface area contributed by atoms with Gasteiger partial charge in [0.1, 0.15) is 0 Å². The minimum atomic E-state index is 0.227. The third kappa shape index (κ3) is 2.56. The van der Waals surface area contributed by atoms with Gasteiger partial charge < -0.3 is 9.88 Å². The van der Waals surface area contributed by atoms with Crippen molar-refractivity contribution in [1.29, 1.82) is 0 Å². The zero-order valence-corrected chi connectivity index (χ0v) is 13.2. The molecule has 4 heteroatoms. The second-order valence-corrected chi connectivity index (χ2v) is 6.68. The first-order valence-corrected chi connectivity index (χ1v) is 7.76. The second-order valence-electron chi connectivity index (χ2n) is 5.44. The molecule has 3 rings (SSSR count). The summed E-state index contributed by atoms with van der Waals surface area (Å²) >= 11 is 2.34. The summed E-state index contributed by atoms with van der Waals surface area (Å²) in [5.74, 6) is 0. The van der Waals surface area contributed by atoms with E-state index in [4.69, 9.17) is 0 Å². The standard InChI is InChI=1S/C15H18IN3/c1-15(6-8-17-9-7-15)14-10-18-11-19(14)13-4-2-12(16)3-5-13/h2-5,10-11,17H,6-9H2,1H3. The summed E-state index contributed by atoms with van der Waals surface area (Å²) in [4.78, 5) is 4.38. The van der Waals surface area contributed by atoms with Gasteiger partial charge >= 0.3 is 0 Å². The molecule has 2 heterocycles. The van der Waals surface area contributed by atoms with Crippen LogP contribution >= 0.6 is 22.6 Å². The van der Waals surface area contributed by atoms with Gasteiger partial charge in [-0.25, -0.2) is 4.98 Å². The largest absolute Gasteiger partial charge is 0.317 e. The van der Waals surface area contributed by atoms with Crippen molar-refractivity contribution in [2.45, 2.75) is 25.2 Å². The molecule has 2 aromatic rings. The normalized spacial score (nSPS) is 18.4. The van der Waals surface area contributed by atoms with Crippen LogP contribution in [0.25, 0.3) is 5.69 Å². The van der Waals surface area contributed by atoms with E-state index in [1.165, 1.54) is 27.8 Å². The lowest BCUT2D eigenvalue weighted by molar-refractivity contribution is 0.324. The third-order valence-electron chi connectivity index (χ3n) is 4.07. The predicted octanol–water partition coefficient (Wildman–Crippen LogP) is 3.12. The highest BCUT2D eigenvalue weighted by Crippen LogP contribution is 2.33. The minimum Gasteiger partial charge on any atom is -0.317 e. The van der Waals surface area contributed by atoms with Crippen LogP contribution in [0.15, 0.2) is 36.8 Å². The Morgan fingerprint density at radius 3 is 2.58 bits per heavy atom. The molecule has 1 aromatic carbocycles. The lowest BCUT2D eigenvalue weighted by Crippen LogP contribution is -2.38. The number of aromatic nitrogens is 2. The Labute approximate surface area is 127 Å². The van der Waals surface area contributed by atoms with E-state index in [0.29, 0.717) is 0 Å². The number of halogens is 1. The van der Waals surface area contributed by atoms with Crippen LogP contribution in [0.1, 0.15) is 25.5 Å². The molecule has 0 unspecified atom stereocenters. The van der Waals surface area contributed by atoms with Crippen LogP contribution in [0.4, 0.5) is 0 Å². The fourth-order valence-electron chi connectivity index (χ4n) is 2.78. The van der Waals surface area contributed by atoms with Gasteiger partial charge in [-0.1, -0.05) is 6.92 Å². The number of benzene rings is 1. The number of nitrogens with one attached hydrogen (secondary N) is 1. The zero-order valence-electron chi connectivity index (χ0n) is 11.1. The fourth-order valence-corrected chi connectivity index (χ4v) is 3.14. The third-order valence-corrected chi connectivity index (χ3v) is 4.79. The van der Waals surface area contributed by atoms with Crippen LogP contribution < -0.4 is 5.32 Å². The van der Waals surface area contributed by atoms with Gasteiger partial charge in [0.25, 0.3) is 0 Å². The molecular formula is C15H18IN3. The number of piperidine rings is 1. The molecule has 0 aliphatic carbocycles. The van der Waals surface area contributed by atoms with Crippen molar-refractivity contribution in [1.82, 2.24) is 14.9 Å². The molecule has 0 bridgehead atoms. The summed E-state index contributed by atoms with van der Waals surface area (Å²) in [6.07, 6.45) is 6.31. The molecule has 1 aliphatic heterocycles. The molecule has 1 saturated heterocycles. The maximum atomic E-state index is 4.38. The van der Waals surface area contributed by atoms with Crippen molar-refractivity contribution in [3.8, 4) is 5.69 Å². The number of rotatable bonds is 2. The van der Waals surface area contributed by atoms with Gasteiger partial charge in [0.2, 0.25) is 0 Å². The predicted molar refractivity (Wildman–Crippen MR) is 85.7 cm³/mol. The molecule has 0 radical (unpaired) electrons. The van der Waals surface area contributed by atoms with Gasteiger partial charge in [-0.3, -0.25) is 0 Å². The maximum Gasteiger partial charge on any atom is 0.0994 e. The first-order valence-electron chi connectivity index (χ1n) is 6.69. The average Bonchev–Trinajstić information content (AvgIpc) is 2.90. The van der Waals surface area contributed by atoms with Crippen molar-refractivity contribution in [2.24, 2.45) is 0 Å². The lowest BCUT2D eigenvalue weighted by atomic mass is 9.78. The van der Waals surface area contributed by atoms with Gasteiger partial charge in [0, 0.05) is 26.6 Å². The van der Waals surface area contributed by atoms with Crippen molar-refractivity contribution < 1.29 is 0 Å². The quantitative estimate of drug-likeness (QED) is 0.827. The van der Waals surface area contributed by atoms with Gasteiger partial charge in [0.05, 0.1) is 6.33 Å². The monoisotopic (exact) mass is 367 g/mol. The topological polar surface area (TPSA) is 29.9 Å². The van der Waals surface area contributed by atoms with Crippen LogP contribution in [0, 0.1) is 3.57 Å². The van der Waals surface area contributed by atoms with Gasteiger partial charge in [0.15, 0.2) is 0 Å². The molecule has 1 fully saturated rings. The average molecular weight is 367 g/mol. The van der Waals surface area contributed by atoms with Crippen LogP contribution in [0.3, 0.4) is 0 Å². The first kappa shape index (κ1) is 13.1. The summed E-state index contributed by atoms with van der Waals surface area (Å²) in [6, 6.07) is 8.61. The zero-order chi connectivity index (χ0) is 13.3. The number of nitrogens with zero attached hydrogens (tertiary/aromatic N) is 2. The first-order chi connectivity index (χ1) is 9.19. The number of hydrogen-bond donors (Lipinski definition) is 1.